The summed E-state index contributed by atoms with van der Waals surface area (Å²) in [6.45, 7) is 0.483. The van der Waals surface area contributed by atoms with Gasteiger partial charge in [0.1, 0.15) is 6.04 Å². The molecule has 1 amide bonds. The van der Waals surface area contributed by atoms with Gasteiger partial charge in [-0.05, 0) is 35.9 Å². The molecule has 0 bridgehead atoms. The average Bonchev–Trinajstić information content (AvgIpc) is 3.29. The number of aliphatic carboxylic acids is 1. The zero-order valence-electron chi connectivity index (χ0n) is 15.6. The van der Waals surface area contributed by atoms with Crippen LogP contribution in [0.1, 0.15) is 12.0 Å². The van der Waals surface area contributed by atoms with E-state index in [1.54, 1.807) is 6.20 Å². The summed E-state index contributed by atoms with van der Waals surface area (Å²) < 4.78 is 3.00. The predicted molar refractivity (Wildman–Crippen MR) is 116 cm³/mol. The van der Waals surface area contributed by atoms with Gasteiger partial charge in [0.05, 0.1) is 0 Å². The monoisotopic (exact) mass is 453 g/mol. The van der Waals surface area contributed by atoms with Crippen molar-refractivity contribution in [3.8, 4) is 0 Å². The number of nitrogens with zero attached hydrogens (tertiary/aromatic N) is 1. The fraction of sp³-hybridized carbons (Fsp3) is 0.182. The first kappa shape index (κ1) is 19.3. The number of aromatic amines is 1. The van der Waals surface area contributed by atoms with Crippen LogP contribution in [0.25, 0.3) is 21.8 Å². The molecule has 2 heterocycles. The van der Waals surface area contributed by atoms with Crippen molar-refractivity contribution in [2.75, 3.05) is 0 Å². The number of hydrogen-bond acceptors (Lipinski definition) is 2. The van der Waals surface area contributed by atoms with Crippen LogP contribution in [0.3, 0.4) is 0 Å². The van der Waals surface area contributed by atoms with E-state index in [9.17, 15) is 14.7 Å². The van der Waals surface area contributed by atoms with Gasteiger partial charge in [0, 0.05) is 58.1 Å². The highest BCUT2D eigenvalue weighted by Gasteiger charge is 2.21. The maximum Gasteiger partial charge on any atom is 0.326 e. The molecule has 0 aliphatic rings. The molecule has 0 radical (unpaired) electrons. The zero-order valence-corrected chi connectivity index (χ0v) is 17.1. The highest BCUT2D eigenvalue weighted by atomic mass is 79.9. The lowest BCUT2D eigenvalue weighted by Crippen LogP contribution is -2.42. The first-order valence-corrected chi connectivity index (χ1v) is 10.1. The maximum atomic E-state index is 12.4. The lowest BCUT2D eigenvalue weighted by molar-refractivity contribution is -0.141. The van der Waals surface area contributed by atoms with Crippen LogP contribution in [0, 0.1) is 0 Å². The third-order valence-corrected chi connectivity index (χ3v) is 5.54. The van der Waals surface area contributed by atoms with Crippen LogP contribution in [-0.2, 0) is 22.6 Å². The van der Waals surface area contributed by atoms with E-state index < -0.39 is 12.0 Å². The Kier molecular flexibility index (Phi) is 5.40. The second-order valence-electron chi connectivity index (χ2n) is 6.98. The van der Waals surface area contributed by atoms with E-state index >= 15 is 0 Å². The van der Waals surface area contributed by atoms with Gasteiger partial charge in [-0.2, -0.15) is 0 Å². The molecule has 2 aromatic heterocycles. The minimum absolute atomic E-state index is 0.206. The van der Waals surface area contributed by atoms with Gasteiger partial charge in [-0.25, -0.2) is 4.79 Å². The Balaban J connectivity index is 1.41. The van der Waals surface area contributed by atoms with E-state index in [4.69, 9.17) is 0 Å². The maximum absolute atomic E-state index is 12.4. The molecule has 148 valence electrons. The molecule has 3 N–H and O–H groups in total. The van der Waals surface area contributed by atoms with Crippen LogP contribution < -0.4 is 5.32 Å². The molecule has 4 rings (SSSR count). The number of carbonyl (C=O) groups is 2. The summed E-state index contributed by atoms with van der Waals surface area (Å²) in [7, 11) is 0. The van der Waals surface area contributed by atoms with Crippen LogP contribution in [-0.4, -0.2) is 32.6 Å². The molecule has 0 aliphatic heterocycles. The summed E-state index contributed by atoms with van der Waals surface area (Å²) in [5, 5.41) is 14.3. The number of carboxylic acid groups (broad SMARTS) is 1. The van der Waals surface area contributed by atoms with E-state index in [1.165, 1.54) is 0 Å². The number of fused-ring (bicyclic) bond motifs is 2. The second-order valence-corrected chi connectivity index (χ2v) is 7.90. The molecule has 2 aromatic carbocycles. The number of benzene rings is 2. The summed E-state index contributed by atoms with van der Waals surface area (Å²) in [6.07, 6.45) is 4.17. The Morgan fingerprint density at radius 2 is 2.00 bits per heavy atom. The van der Waals surface area contributed by atoms with Gasteiger partial charge in [-0.1, -0.05) is 34.1 Å². The number of aromatic nitrogens is 2. The van der Waals surface area contributed by atoms with Gasteiger partial charge in [0.15, 0.2) is 0 Å². The molecule has 4 aromatic rings. The highest BCUT2D eigenvalue weighted by molar-refractivity contribution is 9.10. The quantitative estimate of drug-likeness (QED) is 0.393. The van der Waals surface area contributed by atoms with Gasteiger partial charge >= 0.3 is 5.97 Å². The fourth-order valence-corrected chi connectivity index (χ4v) is 3.95. The number of para-hydroxylation sites is 1. The molecule has 1 atom stereocenters. The lowest BCUT2D eigenvalue weighted by atomic mass is 10.0. The van der Waals surface area contributed by atoms with Crippen molar-refractivity contribution in [3.63, 3.8) is 0 Å². The Hall–Kier alpha value is -3.06. The zero-order chi connectivity index (χ0) is 20.4. The van der Waals surface area contributed by atoms with Crippen molar-refractivity contribution >= 4 is 49.6 Å². The third kappa shape index (κ3) is 4.19. The number of carboxylic acids is 1. The minimum atomic E-state index is -1.04. The largest absolute Gasteiger partial charge is 0.480 e. The van der Waals surface area contributed by atoms with E-state index in [2.05, 4.69) is 26.2 Å². The smallest absolute Gasteiger partial charge is 0.326 e. The number of hydrogen-bond donors (Lipinski definition) is 3. The van der Waals surface area contributed by atoms with Crippen LogP contribution in [0.2, 0.25) is 0 Å². The van der Waals surface area contributed by atoms with E-state index in [0.29, 0.717) is 6.54 Å². The Bertz CT molecular complexity index is 1190. The number of amides is 1. The standard InChI is InChI=1S/C22H20BrN3O3/c23-16-5-6-20-14(11-16)7-9-26(20)10-8-21(27)25-19(22(28)29)12-15-13-24-18-4-2-1-3-17(15)18/h1-7,9,11,13,19,24H,8,10,12H2,(H,25,27)(H,28,29). The Morgan fingerprint density at radius 1 is 1.17 bits per heavy atom. The topological polar surface area (TPSA) is 87.1 Å². The highest BCUT2D eigenvalue weighted by Crippen LogP contribution is 2.21. The molecule has 0 saturated carbocycles. The van der Waals surface area contributed by atoms with Crippen LogP contribution in [0.5, 0.6) is 0 Å². The summed E-state index contributed by atoms with van der Waals surface area (Å²) in [5.41, 5.74) is 2.86. The summed E-state index contributed by atoms with van der Waals surface area (Å²) >= 11 is 3.45. The Morgan fingerprint density at radius 3 is 2.83 bits per heavy atom. The number of halogens is 1. The minimum Gasteiger partial charge on any atom is -0.480 e. The number of aryl methyl sites for hydroxylation is 1. The average molecular weight is 454 g/mol. The lowest BCUT2D eigenvalue weighted by Gasteiger charge is -2.15. The molecule has 1 unspecified atom stereocenters. The fourth-order valence-electron chi connectivity index (χ4n) is 3.57. The summed E-state index contributed by atoms with van der Waals surface area (Å²) in [5.74, 6) is -1.32. The third-order valence-electron chi connectivity index (χ3n) is 5.05. The summed E-state index contributed by atoms with van der Waals surface area (Å²) in [6, 6.07) is 14.7. The number of nitrogens with one attached hydrogen (secondary N) is 2. The van der Waals surface area contributed by atoms with E-state index in [1.807, 2.05) is 59.3 Å². The first-order chi connectivity index (χ1) is 14.0. The first-order valence-electron chi connectivity index (χ1n) is 9.33. The van der Waals surface area contributed by atoms with Crippen LogP contribution in [0.4, 0.5) is 0 Å². The van der Waals surface area contributed by atoms with Crippen molar-refractivity contribution in [2.24, 2.45) is 0 Å². The van der Waals surface area contributed by atoms with Crippen molar-refractivity contribution in [1.82, 2.24) is 14.9 Å². The van der Waals surface area contributed by atoms with E-state index in [-0.39, 0.29) is 18.7 Å². The summed E-state index contributed by atoms with van der Waals surface area (Å²) in [4.78, 5) is 27.3. The predicted octanol–water partition coefficient (Wildman–Crippen LogP) is 4.09. The van der Waals surface area contributed by atoms with Crippen LogP contribution in [0.15, 0.2) is 65.4 Å². The molecule has 0 aliphatic carbocycles. The molecular formula is C22H20BrN3O3. The van der Waals surface area contributed by atoms with Gasteiger partial charge in [-0.15, -0.1) is 0 Å². The molecule has 0 fully saturated rings. The molecule has 0 saturated heterocycles. The van der Waals surface area contributed by atoms with Crippen molar-refractivity contribution in [3.05, 3.63) is 71.0 Å². The van der Waals surface area contributed by atoms with Gasteiger partial charge in [0.2, 0.25) is 5.91 Å². The van der Waals surface area contributed by atoms with Crippen molar-refractivity contribution in [1.29, 1.82) is 0 Å². The molecule has 0 spiro atoms. The number of rotatable bonds is 7. The Labute approximate surface area is 175 Å². The SMILES string of the molecule is O=C(CCn1ccc2cc(Br)ccc21)NC(Cc1c[nH]c2ccccc12)C(=O)O. The van der Waals surface area contributed by atoms with Gasteiger partial charge < -0.3 is 20.0 Å². The van der Waals surface area contributed by atoms with Gasteiger partial charge in [-0.3, -0.25) is 4.79 Å². The normalized spacial score (nSPS) is 12.3. The van der Waals surface area contributed by atoms with E-state index in [0.717, 1.165) is 31.8 Å². The molecule has 6 nitrogen and oxygen atoms in total. The second kappa shape index (κ2) is 8.13. The van der Waals surface area contributed by atoms with Crippen molar-refractivity contribution < 1.29 is 14.7 Å². The van der Waals surface area contributed by atoms with Gasteiger partial charge in [0.25, 0.3) is 0 Å². The molecular weight excluding hydrogens is 434 g/mol. The van der Waals surface area contributed by atoms with Crippen molar-refractivity contribution in [2.45, 2.75) is 25.4 Å². The number of H-pyrrole nitrogens is 1. The number of carbonyl (C=O) groups excluding carboxylic acids is 1. The molecule has 7 heteroatoms. The molecule has 29 heavy (non-hydrogen) atoms. The van der Waals surface area contributed by atoms with Crippen LogP contribution >= 0.6 is 15.9 Å².